The van der Waals surface area contributed by atoms with Gasteiger partial charge < -0.3 is 5.32 Å². The lowest BCUT2D eigenvalue weighted by Gasteiger charge is -2.04. The van der Waals surface area contributed by atoms with E-state index in [4.69, 9.17) is 4.99 Å². The second-order valence-corrected chi connectivity index (χ2v) is 7.99. The monoisotopic (exact) mass is 353 g/mol. The molecule has 1 fully saturated rings. The molecule has 3 aromatic rings. The Kier molecular flexibility index (Phi) is 4.81. The highest BCUT2D eigenvalue weighted by Crippen LogP contribution is 2.26. The van der Waals surface area contributed by atoms with Gasteiger partial charge in [-0.25, -0.2) is 9.98 Å². The van der Waals surface area contributed by atoms with E-state index in [0.717, 1.165) is 35.7 Å². The molecule has 2 aromatic carbocycles. The standard InChI is InChI=1S/C19H19N3S2/c1-2-8-17-16(7-1)22-19(24-17)20-11-10-14-5-3-6-15(13-14)21-18-9-4-12-23-18/h1-3,5-8,13H,4,9-12H2,(H,20,22). The Balaban J connectivity index is 1.38. The van der Waals surface area contributed by atoms with Crippen molar-refractivity contribution < 1.29 is 0 Å². The second-order valence-electron chi connectivity index (χ2n) is 5.79. The average molecular weight is 354 g/mol. The number of rotatable bonds is 5. The summed E-state index contributed by atoms with van der Waals surface area (Å²) < 4.78 is 1.23. The molecule has 1 aromatic heterocycles. The number of anilines is 1. The summed E-state index contributed by atoms with van der Waals surface area (Å²) in [6.45, 7) is 0.884. The number of aliphatic imine (C=N–C) groups is 1. The zero-order valence-corrected chi connectivity index (χ0v) is 15.0. The van der Waals surface area contributed by atoms with Gasteiger partial charge in [-0.15, -0.1) is 11.8 Å². The average Bonchev–Trinajstić information content (AvgIpc) is 3.24. The topological polar surface area (TPSA) is 37.3 Å². The number of hydrogen-bond donors (Lipinski definition) is 1. The number of benzene rings is 2. The van der Waals surface area contributed by atoms with E-state index in [1.54, 1.807) is 11.3 Å². The number of hydrogen-bond acceptors (Lipinski definition) is 5. The smallest absolute Gasteiger partial charge is 0.183 e. The molecule has 0 unspecified atom stereocenters. The van der Waals surface area contributed by atoms with Gasteiger partial charge >= 0.3 is 0 Å². The minimum Gasteiger partial charge on any atom is -0.361 e. The van der Waals surface area contributed by atoms with Crippen LogP contribution in [-0.4, -0.2) is 22.3 Å². The van der Waals surface area contributed by atoms with Crippen LogP contribution in [0.4, 0.5) is 10.8 Å². The Morgan fingerprint density at radius 1 is 1.12 bits per heavy atom. The first-order valence-electron chi connectivity index (χ1n) is 8.25. The highest BCUT2D eigenvalue weighted by Gasteiger charge is 2.08. The van der Waals surface area contributed by atoms with Gasteiger partial charge in [0.05, 0.1) is 20.9 Å². The SMILES string of the molecule is c1cc(CCNc2nc3ccccc3s2)cc(N=C2CCCS2)c1. The molecule has 0 bridgehead atoms. The molecular formula is C19H19N3S2. The van der Waals surface area contributed by atoms with Crippen LogP contribution in [0.15, 0.2) is 53.5 Å². The van der Waals surface area contributed by atoms with Crippen molar-refractivity contribution >= 4 is 49.2 Å². The molecule has 0 spiro atoms. The van der Waals surface area contributed by atoms with Gasteiger partial charge in [-0.1, -0.05) is 35.6 Å². The highest BCUT2D eigenvalue weighted by molar-refractivity contribution is 8.14. The van der Waals surface area contributed by atoms with Gasteiger partial charge in [0.25, 0.3) is 0 Å². The molecule has 0 saturated carbocycles. The van der Waals surface area contributed by atoms with Crippen LogP contribution >= 0.6 is 23.1 Å². The molecule has 4 rings (SSSR count). The van der Waals surface area contributed by atoms with Gasteiger partial charge in [-0.3, -0.25) is 0 Å². The van der Waals surface area contributed by atoms with Crippen LogP contribution in [0.2, 0.25) is 0 Å². The number of thioether (sulfide) groups is 1. The second kappa shape index (κ2) is 7.36. The summed E-state index contributed by atoms with van der Waals surface area (Å²) in [6.07, 6.45) is 3.37. The van der Waals surface area contributed by atoms with Crippen molar-refractivity contribution in [1.82, 2.24) is 4.98 Å². The summed E-state index contributed by atoms with van der Waals surface area (Å²) in [5.41, 5.74) is 3.46. The van der Waals surface area contributed by atoms with Gasteiger partial charge in [-0.05, 0) is 54.8 Å². The summed E-state index contributed by atoms with van der Waals surface area (Å²) in [7, 11) is 0. The fourth-order valence-electron chi connectivity index (χ4n) is 2.76. The van der Waals surface area contributed by atoms with Crippen molar-refractivity contribution in [1.29, 1.82) is 0 Å². The maximum atomic E-state index is 4.76. The molecule has 0 amide bonds. The lowest BCUT2D eigenvalue weighted by Crippen LogP contribution is -2.04. The van der Waals surface area contributed by atoms with Crippen LogP contribution in [-0.2, 0) is 6.42 Å². The Morgan fingerprint density at radius 2 is 2.08 bits per heavy atom. The van der Waals surface area contributed by atoms with E-state index in [-0.39, 0.29) is 0 Å². The molecule has 2 heterocycles. The molecule has 122 valence electrons. The molecule has 0 aliphatic carbocycles. The third-order valence-corrected chi connectivity index (χ3v) is 6.07. The first-order chi connectivity index (χ1) is 11.9. The quantitative estimate of drug-likeness (QED) is 0.657. The maximum Gasteiger partial charge on any atom is 0.183 e. The van der Waals surface area contributed by atoms with Crippen LogP contribution in [0, 0.1) is 0 Å². The lowest BCUT2D eigenvalue weighted by molar-refractivity contribution is 1.02. The largest absolute Gasteiger partial charge is 0.361 e. The van der Waals surface area contributed by atoms with Crippen molar-refractivity contribution in [2.45, 2.75) is 19.3 Å². The molecule has 3 nitrogen and oxygen atoms in total. The molecule has 1 saturated heterocycles. The van der Waals surface area contributed by atoms with Gasteiger partial charge in [0, 0.05) is 6.54 Å². The van der Waals surface area contributed by atoms with Crippen LogP contribution < -0.4 is 5.32 Å². The van der Waals surface area contributed by atoms with E-state index in [9.17, 15) is 0 Å². The van der Waals surface area contributed by atoms with Gasteiger partial charge in [0.2, 0.25) is 0 Å². The van der Waals surface area contributed by atoms with Crippen LogP contribution in [0.3, 0.4) is 0 Å². The predicted octanol–water partition coefficient (Wildman–Crippen LogP) is 5.51. The first kappa shape index (κ1) is 15.7. The van der Waals surface area contributed by atoms with E-state index in [2.05, 4.69) is 52.8 Å². The van der Waals surface area contributed by atoms with Gasteiger partial charge in [-0.2, -0.15) is 0 Å². The summed E-state index contributed by atoms with van der Waals surface area (Å²) >= 11 is 3.60. The molecule has 0 radical (unpaired) electrons. The Labute approximate surface area is 150 Å². The third-order valence-electron chi connectivity index (χ3n) is 3.95. The summed E-state index contributed by atoms with van der Waals surface area (Å²) in [6, 6.07) is 16.8. The fourth-order valence-corrected chi connectivity index (χ4v) is 4.64. The van der Waals surface area contributed by atoms with Gasteiger partial charge in [0.1, 0.15) is 0 Å². The normalized spacial score (nSPS) is 16.1. The van der Waals surface area contributed by atoms with Crippen LogP contribution in [0.25, 0.3) is 10.2 Å². The molecule has 1 aliphatic rings. The summed E-state index contributed by atoms with van der Waals surface area (Å²) in [5.74, 6) is 1.21. The molecule has 0 atom stereocenters. The number of fused-ring (bicyclic) bond motifs is 1. The third kappa shape index (κ3) is 3.79. The fraction of sp³-hybridized carbons (Fsp3) is 0.263. The number of nitrogens with one attached hydrogen (secondary N) is 1. The minimum absolute atomic E-state index is 0.884. The molecule has 1 N–H and O–H groups in total. The number of thiazole rings is 1. The molecule has 5 heteroatoms. The first-order valence-corrected chi connectivity index (χ1v) is 10.1. The van der Waals surface area contributed by atoms with Crippen molar-refractivity contribution in [2.24, 2.45) is 4.99 Å². The van der Waals surface area contributed by atoms with Crippen molar-refractivity contribution in [3.8, 4) is 0 Å². The summed E-state index contributed by atoms with van der Waals surface area (Å²) in [5, 5.41) is 5.72. The minimum atomic E-state index is 0.884. The van der Waals surface area contributed by atoms with E-state index < -0.39 is 0 Å². The van der Waals surface area contributed by atoms with E-state index in [1.807, 2.05) is 17.8 Å². The van der Waals surface area contributed by atoms with Crippen LogP contribution in [0.5, 0.6) is 0 Å². The molecule has 1 aliphatic heterocycles. The zero-order valence-electron chi connectivity index (χ0n) is 13.4. The highest BCUT2D eigenvalue weighted by atomic mass is 32.2. The Morgan fingerprint density at radius 3 is 2.96 bits per heavy atom. The molecular weight excluding hydrogens is 334 g/mol. The van der Waals surface area contributed by atoms with Gasteiger partial charge in [0.15, 0.2) is 5.13 Å². The molecule has 24 heavy (non-hydrogen) atoms. The van der Waals surface area contributed by atoms with E-state index in [1.165, 1.54) is 27.5 Å². The number of para-hydroxylation sites is 1. The Hall–Kier alpha value is -1.85. The van der Waals surface area contributed by atoms with Crippen molar-refractivity contribution in [2.75, 3.05) is 17.6 Å². The number of nitrogens with zero attached hydrogens (tertiary/aromatic N) is 2. The van der Waals surface area contributed by atoms with E-state index in [0.29, 0.717) is 0 Å². The lowest BCUT2D eigenvalue weighted by atomic mass is 10.1. The number of aromatic nitrogens is 1. The van der Waals surface area contributed by atoms with E-state index >= 15 is 0 Å². The summed E-state index contributed by atoms with van der Waals surface area (Å²) in [4.78, 5) is 9.38. The Bertz CT molecular complexity index is 829. The van der Waals surface area contributed by atoms with Crippen molar-refractivity contribution in [3.05, 3.63) is 54.1 Å². The maximum absolute atomic E-state index is 4.76. The van der Waals surface area contributed by atoms with Crippen LogP contribution in [0.1, 0.15) is 18.4 Å². The zero-order chi connectivity index (χ0) is 16.2. The van der Waals surface area contributed by atoms with Crippen molar-refractivity contribution in [3.63, 3.8) is 0 Å². The predicted molar refractivity (Wildman–Crippen MR) is 107 cm³/mol.